The van der Waals surface area contributed by atoms with Crippen molar-refractivity contribution in [3.05, 3.63) is 25.4 Å². The van der Waals surface area contributed by atoms with Crippen LogP contribution in [0.5, 0.6) is 5.75 Å². The summed E-state index contributed by atoms with van der Waals surface area (Å²) in [6.45, 7) is -0.811. The van der Waals surface area contributed by atoms with Gasteiger partial charge in [-0.05, 0) is 16.0 Å². The Morgan fingerprint density at radius 2 is 2.18 bits per heavy atom. The van der Waals surface area contributed by atoms with E-state index >= 15 is 0 Å². The fourth-order valence-electron chi connectivity index (χ4n) is 0.973. The van der Waals surface area contributed by atoms with Crippen molar-refractivity contribution < 1.29 is 27.9 Å². The molecule has 1 aromatic heterocycles. The average molecular weight is 364 g/mol. The zero-order valence-corrected chi connectivity index (χ0v) is 10.0. The Balaban J connectivity index is 3.23. The lowest BCUT2D eigenvalue weighted by Crippen LogP contribution is -2.18. The van der Waals surface area contributed by atoms with Gasteiger partial charge in [-0.25, -0.2) is 0 Å². The summed E-state index contributed by atoms with van der Waals surface area (Å²) in [6, 6.07) is 0.737. The van der Waals surface area contributed by atoms with Gasteiger partial charge in [0.25, 0.3) is 3.70 Å². The average Bonchev–Trinajstić information content (AvgIpc) is 2.18. The van der Waals surface area contributed by atoms with E-state index in [4.69, 9.17) is 5.11 Å². The van der Waals surface area contributed by atoms with E-state index in [0.29, 0.717) is 0 Å². The van der Waals surface area contributed by atoms with Crippen LogP contribution in [0.2, 0.25) is 0 Å². The zero-order valence-electron chi connectivity index (χ0n) is 7.86. The van der Waals surface area contributed by atoms with Crippen LogP contribution in [0, 0.1) is 13.8 Å². The van der Waals surface area contributed by atoms with Gasteiger partial charge in [0, 0.05) is 22.6 Å². The van der Waals surface area contributed by atoms with Gasteiger partial charge >= 0.3 is 12.2 Å². The van der Waals surface area contributed by atoms with Crippen molar-refractivity contribution in [2.45, 2.75) is 13.0 Å². The second kappa shape index (κ2) is 5.00. The fraction of sp³-hybridized carbons (Fsp3) is 0.286. The molecule has 0 amide bonds. The molecule has 0 unspecified atom stereocenters. The summed E-state index contributed by atoms with van der Waals surface area (Å²) in [4.78, 5) is 12.9. The summed E-state index contributed by atoms with van der Waals surface area (Å²) < 4.78 is 39.2. The third-order valence-corrected chi connectivity index (χ3v) is 2.34. The third-order valence-electron chi connectivity index (χ3n) is 1.57. The number of halogens is 4. The van der Waals surface area contributed by atoms with Gasteiger partial charge < -0.3 is 20.0 Å². The number of rotatable bonds is 3. The molecule has 0 aliphatic rings. The van der Waals surface area contributed by atoms with Gasteiger partial charge in [-0.2, -0.15) is 0 Å². The fourth-order valence-corrected chi connectivity index (χ4v) is 1.47. The Bertz CT molecular complexity index is 451. The molecule has 0 bridgehead atoms. The van der Waals surface area contributed by atoms with Gasteiger partial charge in [-0.1, -0.05) is 0 Å². The Morgan fingerprint density at radius 3 is 2.59 bits per heavy atom. The first-order valence-corrected chi connectivity index (χ1v) is 5.03. The minimum atomic E-state index is -4.93. The van der Waals surface area contributed by atoms with Gasteiger partial charge in [-0.3, -0.25) is 0 Å². The standard InChI is InChI=1S/C7H4F3IN2O4/c8-7(9,10)17-4-1-3(2-14)6(13(15)16)12-5(4)11/h1,14H,2H2. The van der Waals surface area contributed by atoms with E-state index in [2.05, 4.69) is 9.72 Å². The topological polar surface area (TPSA) is 85.5 Å². The molecular weight excluding hydrogens is 360 g/mol. The molecule has 0 aliphatic carbocycles. The smallest absolute Gasteiger partial charge is 0.401 e. The molecule has 94 valence electrons. The minimum Gasteiger partial charge on any atom is -0.401 e. The lowest BCUT2D eigenvalue weighted by Gasteiger charge is -2.09. The predicted molar refractivity (Wildman–Crippen MR) is 56.2 cm³/mol. The zero-order chi connectivity index (χ0) is 13.2. The van der Waals surface area contributed by atoms with Gasteiger partial charge in [0.1, 0.15) is 0 Å². The highest BCUT2D eigenvalue weighted by molar-refractivity contribution is 14.1. The van der Waals surface area contributed by atoms with Crippen molar-refractivity contribution in [1.29, 1.82) is 0 Å². The molecule has 0 fully saturated rings. The maximum Gasteiger partial charge on any atom is 0.573 e. The number of aromatic nitrogens is 1. The highest BCUT2D eigenvalue weighted by Crippen LogP contribution is 2.30. The second-order valence-electron chi connectivity index (χ2n) is 2.72. The van der Waals surface area contributed by atoms with Crippen LogP contribution in [0.25, 0.3) is 0 Å². The van der Waals surface area contributed by atoms with Crippen LogP contribution in [-0.2, 0) is 6.61 Å². The lowest BCUT2D eigenvalue weighted by molar-refractivity contribution is -0.390. The summed E-state index contributed by atoms with van der Waals surface area (Å²) >= 11 is 1.37. The quantitative estimate of drug-likeness (QED) is 0.384. The molecule has 0 aliphatic heterocycles. The number of hydrogen-bond acceptors (Lipinski definition) is 5. The summed E-state index contributed by atoms with van der Waals surface area (Å²) in [5.74, 6) is -1.39. The van der Waals surface area contributed by atoms with Crippen molar-refractivity contribution in [3.8, 4) is 5.75 Å². The molecule has 1 rings (SSSR count). The van der Waals surface area contributed by atoms with Crippen molar-refractivity contribution in [3.63, 3.8) is 0 Å². The Kier molecular flexibility index (Phi) is 4.08. The third kappa shape index (κ3) is 3.66. The predicted octanol–water partition coefficient (Wildman–Crippen LogP) is 1.99. The number of alkyl halides is 3. The summed E-state index contributed by atoms with van der Waals surface area (Å²) in [6.07, 6.45) is -4.93. The van der Waals surface area contributed by atoms with Crippen LogP contribution >= 0.6 is 22.6 Å². The van der Waals surface area contributed by atoms with Crippen LogP contribution in [0.3, 0.4) is 0 Å². The molecule has 0 atom stereocenters. The normalized spacial score (nSPS) is 11.4. The highest BCUT2D eigenvalue weighted by Gasteiger charge is 2.34. The highest BCUT2D eigenvalue weighted by atomic mass is 127. The molecule has 0 saturated heterocycles. The van der Waals surface area contributed by atoms with Gasteiger partial charge in [-0.15, -0.1) is 13.2 Å². The molecule has 1 heterocycles. The Hall–Kier alpha value is -1.17. The molecule has 17 heavy (non-hydrogen) atoms. The largest absolute Gasteiger partial charge is 0.573 e. The first-order valence-electron chi connectivity index (χ1n) is 3.95. The van der Waals surface area contributed by atoms with Crippen molar-refractivity contribution >= 4 is 28.4 Å². The van der Waals surface area contributed by atoms with Gasteiger partial charge in [0.2, 0.25) is 0 Å². The number of pyridine rings is 1. The molecule has 10 heteroatoms. The van der Waals surface area contributed by atoms with Crippen molar-refractivity contribution in [1.82, 2.24) is 4.98 Å². The second-order valence-corrected chi connectivity index (χ2v) is 3.74. The number of ether oxygens (including phenoxy) is 1. The summed E-state index contributed by atoms with van der Waals surface area (Å²) in [7, 11) is 0. The Labute approximate surface area is 106 Å². The summed E-state index contributed by atoms with van der Waals surface area (Å²) in [5, 5.41) is 19.3. The molecule has 1 aromatic rings. The minimum absolute atomic E-state index is 0.316. The van der Waals surface area contributed by atoms with Gasteiger partial charge in [0.05, 0.1) is 12.2 Å². The summed E-state index contributed by atoms with van der Waals surface area (Å²) in [5.41, 5.74) is -0.352. The van der Waals surface area contributed by atoms with Crippen LogP contribution < -0.4 is 4.74 Å². The molecule has 0 spiro atoms. The number of aliphatic hydroxyl groups excluding tert-OH is 1. The first-order chi connectivity index (χ1) is 7.74. The first kappa shape index (κ1) is 13.9. The van der Waals surface area contributed by atoms with Crippen LogP contribution in [0.4, 0.5) is 19.0 Å². The maximum atomic E-state index is 12.0. The van der Waals surface area contributed by atoms with Crippen molar-refractivity contribution in [2.75, 3.05) is 0 Å². The van der Waals surface area contributed by atoms with E-state index in [1.165, 1.54) is 22.6 Å². The monoisotopic (exact) mass is 364 g/mol. The maximum absolute atomic E-state index is 12.0. The number of nitrogens with zero attached hydrogens (tertiary/aromatic N) is 2. The molecule has 0 saturated carbocycles. The molecule has 0 aromatic carbocycles. The molecule has 0 radical (unpaired) electrons. The van der Waals surface area contributed by atoms with E-state index in [9.17, 15) is 23.3 Å². The number of aliphatic hydroxyl groups is 1. The Morgan fingerprint density at radius 1 is 1.59 bits per heavy atom. The SMILES string of the molecule is O=[N+]([O-])c1nc(I)c(OC(F)(F)F)cc1CO. The number of nitro groups is 1. The van der Waals surface area contributed by atoms with Crippen LogP contribution in [-0.4, -0.2) is 21.4 Å². The van der Waals surface area contributed by atoms with E-state index in [-0.39, 0.29) is 9.26 Å². The van der Waals surface area contributed by atoms with E-state index in [1.54, 1.807) is 0 Å². The van der Waals surface area contributed by atoms with E-state index in [1.807, 2.05) is 0 Å². The van der Waals surface area contributed by atoms with Crippen LogP contribution in [0.1, 0.15) is 5.56 Å². The molecular formula is C7H4F3IN2O4. The number of hydrogen-bond donors (Lipinski definition) is 1. The molecule has 6 nitrogen and oxygen atoms in total. The lowest BCUT2D eigenvalue weighted by atomic mass is 10.2. The van der Waals surface area contributed by atoms with Crippen molar-refractivity contribution in [2.24, 2.45) is 0 Å². The van der Waals surface area contributed by atoms with Gasteiger partial charge in [0.15, 0.2) is 5.75 Å². The van der Waals surface area contributed by atoms with E-state index in [0.717, 1.165) is 6.07 Å². The van der Waals surface area contributed by atoms with Crippen LogP contribution in [0.15, 0.2) is 6.07 Å². The van der Waals surface area contributed by atoms with E-state index < -0.39 is 29.5 Å². The molecule has 1 N–H and O–H groups in total.